The van der Waals surface area contributed by atoms with Gasteiger partial charge in [-0.25, -0.2) is 4.68 Å². The van der Waals surface area contributed by atoms with Gasteiger partial charge in [0.1, 0.15) is 12.4 Å². The van der Waals surface area contributed by atoms with Crippen LogP contribution in [-0.2, 0) is 0 Å². The highest BCUT2D eigenvalue weighted by Gasteiger charge is 2.28. The maximum absolute atomic E-state index is 4.55. The lowest BCUT2D eigenvalue weighted by atomic mass is 10.0. The molecule has 4 nitrogen and oxygen atoms in total. The van der Waals surface area contributed by atoms with E-state index in [1.807, 2.05) is 16.8 Å². The summed E-state index contributed by atoms with van der Waals surface area (Å²) in [4.78, 5) is 6.81. The molecule has 24 heavy (non-hydrogen) atoms. The molecule has 0 saturated heterocycles. The molecule has 0 amide bonds. The van der Waals surface area contributed by atoms with Crippen LogP contribution in [0.5, 0.6) is 0 Å². The number of rotatable bonds is 4. The molecule has 0 spiro atoms. The molecule has 3 aromatic rings. The third kappa shape index (κ3) is 2.50. The van der Waals surface area contributed by atoms with E-state index in [-0.39, 0.29) is 6.04 Å². The lowest BCUT2D eigenvalue weighted by Gasteiger charge is -2.33. The van der Waals surface area contributed by atoms with Gasteiger partial charge < -0.3 is 4.90 Å². The van der Waals surface area contributed by atoms with Crippen molar-refractivity contribution in [2.24, 2.45) is 0 Å². The van der Waals surface area contributed by atoms with Crippen LogP contribution in [0.15, 0.2) is 73.1 Å². The average Bonchev–Trinajstić information content (AvgIpc) is 3.13. The molecule has 0 radical (unpaired) electrons. The van der Waals surface area contributed by atoms with Gasteiger partial charge >= 0.3 is 0 Å². The first-order valence-electron chi connectivity index (χ1n) is 8.37. The summed E-state index contributed by atoms with van der Waals surface area (Å²) in [6, 6.07) is 21.1. The Morgan fingerprint density at radius 3 is 2.38 bits per heavy atom. The second kappa shape index (κ2) is 6.32. The Kier molecular flexibility index (Phi) is 3.87. The topological polar surface area (TPSA) is 34.0 Å². The Balaban J connectivity index is 1.87. The highest BCUT2D eigenvalue weighted by Crippen LogP contribution is 2.36. The van der Waals surface area contributed by atoms with Crippen molar-refractivity contribution in [3.63, 3.8) is 0 Å². The van der Waals surface area contributed by atoms with E-state index >= 15 is 0 Å². The molecule has 1 aliphatic heterocycles. The van der Waals surface area contributed by atoms with Crippen LogP contribution >= 0.6 is 0 Å². The van der Waals surface area contributed by atoms with Crippen LogP contribution in [-0.4, -0.2) is 21.3 Å². The molecule has 0 N–H and O–H groups in total. The van der Waals surface area contributed by atoms with E-state index in [1.165, 1.54) is 16.8 Å². The minimum absolute atomic E-state index is 0.0620. The molecule has 1 aromatic heterocycles. The summed E-state index contributed by atoms with van der Waals surface area (Å²) in [5.41, 5.74) is 3.63. The monoisotopic (exact) mass is 316 g/mol. The standard InChI is InChI=1S/C20H20N4/c1-2-13-23-18(16-9-5-3-6-10-16)14-19(17-11-7-4-8-12-17)24-20(23)21-15-22-24/h3-12,14-15,19H,2,13H2,1H3. The van der Waals surface area contributed by atoms with Crippen molar-refractivity contribution >= 4 is 11.6 Å². The van der Waals surface area contributed by atoms with Crippen molar-refractivity contribution in [3.05, 3.63) is 84.2 Å². The number of fused-ring (bicyclic) bond motifs is 1. The van der Waals surface area contributed by atoms with E-state index in [9.17, 15) is 0 Å². The zero-order chi connectivity index (χ0) is 16.4. The largest absolute Gasteiger partial charge is 0.310 e. The lowest BCUT2D eigenvalue weighted by molar-refractivity contribution is 0.590. The molecular weight excluding hydrogens is 296 g/mol. The van der Waals surface area contributed by atoms with Crippen LogP contribution in [0.3, 0.4) is 0 Å². The number of allylic oxidation sites excluding steroid dienone is 1. The third-order valence-electron chi connectivity index (χ3n) is 4.32. The van der Waals surface area contributed by atoms with Gasteiger partial charge in [-0.1, -0.05) is 67.6 Å². The number of hydrogen-bond acceptors (Lipinski definition) is 3. The zero-order valence-electron chi connectivity index (χ0n) is 13.7. The molecule has 4 heteroatoms. The van der Waals surface area contributed by atoms with Crippen molar-refractivity contribution in [1.29, 1.82) is 0 Å². The van der Waals surface area contributed by atoms with Gasteiger partial charge in [-0.15, -0.1) is 0 Å². The minimum Gasteiger partial charge on any atom is -0.310 e. The minimum atomic E-state index is 0.0620. The van der Waals surface area contributed by atoms with E-state index in [1.54, 1.807) is 6.33 Å². The molecule has 4 rings (SSSR count). The highest BCUT2D eigenvalue weighted by atomic mass is 15.5. The first kappa shape index (κ1) is 14.7. The Hall–Kier alpha value is -2.88. The summed E-state index contributed by atoms with van der Waals surface area (Å²) >= 11 is 0. The van der Waals surface area contributed by atoms with Crippen LogP contribution < -0.4 is 4.90 Å². The Morgan fingerprint density at radius 2 is 1.67 bits per heavy atom. The van der Waals surface area contributed by atoms with E-state index in [2.05, 4.69) is 76.5 Å². The normalized spacial score (nSPS) is 16.6. The van der Waals surface area contributed by atoms with Gasteiger partial charge in [0.25, 0.3) is 0 Å². The third-order valence-corrected chi connectivity index (χ3v) is 4.32. The predicted octanol–water partition coefficient (Wildman–Crippen LogP) is 4.14. The predicted molar refractivity (Wildman–Crippen MR) is 96.7 cm³/mol. The van der Waals surface area contributed by atoms with Crippen LogP contribution in [0.2, 0.25) is 0 Å². The highest BCUT2D eigenvalue weighted by molar-refractivity contribution is 5.79. The first-order valence-corrected chi connectivity index (χ1v) is 8.37. The molecule has 0 fully saturated rings. The number of benzene rings is 2. The Bertz CT molecular complexity index is 836. The number of aromatic nitrogens is 3. The molecule has 1 unspecified atom stereocenters. The van der Waals surface area contributed by atoms with Crippen LogP contribution in [0.4, 0.5) is 5.95 Å². The fourth-order valence-corrected chi connectivity index (χ4v) is 3.24. The van der Waals surface area contributed by atoms with Crippen molar-refractivity contribution in [3.8, 4) is 0 Å². The van der Waals surface area contributed by atoms with Crippen LogP contribution in [0, 0.1) is 0 Å². The second-order valence-electron chi connectivity index (χ2n) is 5.93. The summed E-state index contributed by atoms with van der Waals surface area (Å²) in [5, 5.41) is 4.49. The molecule has 1 atom stereocenters. The maximum atomic E-state index is 4.55. The van der Waals surface area contributed by atoms with Crippen molar-refractivity contribution in [2.75, 3.05) is 11.4 Å². The number of anilines is 1. The number of hydrogen-bond donors (Lipinski definition) is 0. The molecule has 120 valence electrons. The van der Waals surface area contributed by atoms with E-state index in [0.717, 1.165) is 18.9 Å². The van der Waals surface area contributed by atoms with E-state index in [0.29, 0.717) is 0 Å². The molecular formula is C20H20N4. The summed E-state index contributed by atoms with van der Waals surface area (Å²) in [7, 11) is 0. The zero-order valence-corrected chi connectivity index (χ0v) is 13.7. The number of nitrogens with zero attached hydrogens (tertiary/aromatic N) is 4. The molecule has 2 heterocycles. The van der Waals surface area contributed by atoms with Gasteiger partial charge in [-0.05, 0) is 23.6 Å². The SMILES string of the molecule is CCCN1C(c2ccccc2)=CC(c2ccccc2)n2ncnc21. The Morgan fingerprint density at radius 1 is 0.958 bits per heavy atom. The van der Waals surface area contributed by atoms with Gasteiger partial charge in [-0.2, -0.15) is 10.1 Å². The molecule has 0 aliphatic carbocycles. The van der Waals surface area contributed by atoms with E-state index in [4.69, 9.17) is 0 Å². The fraction of sp³-hybridized carbons (Fsp3) is 0.200. The molecule has 0 bridgehead atoms. The Labute approximate surface area is 142 Å². The molecule has 2 aromatic carbocycles. The average molecular weight is 316 g/mol. The fourth-order valence-electron chi connectivity index (χ4n) is 3.24. The quantitative estimate of drug-likeness (QED) is 0.725. The summed E-state index contributed by atoms with van der Waals surface area (Å²) in [5.74, 6) is 0.909. The second-order valence-corrected chi connectivity index (χ2v) is 5.93. The van der Waals surface area contributed by atoms with Crippen molar-refractivity contribution < 1.29 is 0 Å². The van der Waals surface area contributed by atoms with Crippen molar-refractivity contribution in [1.82, 2.24) is 14.8 Å². The van der Waals surface area contributed by atoms with Crippen LogP contribution in [0.1, 0.15) is 30.5 Å². The maximum Gasteiger partial charge on any atom is 0.229 e. The molecule has 1 aliphatic rings. The molecule has 0 saturated carbocycles. The van der Waals surface area contributed by atoms with Gasteiger partial charge in [0.15, 0.2) is 0 Å². The summed E-state index contributed by atoms with van der Waals surface area (Å²) in [6.45, 7) is 3.10. The van der Waals surface area contributed by atoms with Gasteiger partial charge in [-0.3, -0.25) is 0 Å². The van der Waals surface area contributed by atoms with E-state index < -0.39 is 0 Å². The van der Waals surface area contributed by atoms with Crippen molar-refractivity contribution in [2.45, 2.75) is 19.4 Å². The lowest BCUT2D eigenvalue weighted by Crippen LogP contribution is -2.32. The van der Waals surface area contributed by atoms with Crippen LogP contribution in [0.25, 0.3) is 5.70 Å². The van der Waals surface area contributed by atoms with Gasteiger partial charge in [0.05, 0.1) is 0 Å². The smallest absolute Gasteiger partial charge is 0.229 e. The summed E-state index contributed by atoms with van der Waals surface area (Å²) < 4.78 is 2.01. The first-order chi connectivity index (χ1) is 11.9. The van der Waals surface area contributed by atoms with Gasteiger partial charge in [0.2, 0.25) is 5.95 Å². The van der Waals surface area contributed by atoms with Gasteiger partial charge in [0, 0.05) is 12.2 Å². The summed E-state index contributed by atoms with van der Waals surface area (Å²) in [6.07, 6.45) is 4.99.